The number of rotatable bonds is 8. The van der Waals surface area contributed by atoms with Crippen LogP contribution in [-0.2, 0) is 9.59 Å². The maximum Gasteiger partial charge on any atom is 0.295 e. The van der Waals surface area contributed by atoms with E-state index in [1.54, 1.807) is 11.0 Å². The Bertz CT molecular complexity index is 1050. The van der Waals surface area contributed by atoms with E-state index in [2.05, 4.69) is 0 Å². The third kappa shape index (κ3) is 4.75. The van der Waals surface area contributed by atoms with Crippen LogP contribution in [0.3, 0.4) is 0 Å². The summed E-state index contributed by atoms with van der Waals surface area (Å²) in [5.41, 5.74) is 3.39. The minimum atomic E-state index is -0.650. The van der Waals surface area contributed by atoms with Gasteiger partial charge >= 0.3 is 0 Å². The number of aliphatic hydroxyl groups is 1. The summed E-state index contributed by atoms with van der Waals surface area (Å²) in [7, 11) is 3.91. The van der Waals surface area contributed by atoms with Crippen LogP contribution in [0.2, 0.25) is 0 Å². The number of benzene rings is 2. The first-order valence-electron chi connectivity index (χ1n) is 11.5. The van der Waals surface area contributed by atoms with Gasteiger partial charge in [-0.15, -0.1) is 0 Å². The second-order valence-electron chi connectivity index (χ2n) is 8.82. The second-order valence-corrected chi connectivity index (χ2v) is 8.82. The summed E-state index contributed by atoms with van der Waals surface area (Å²) >= 11 is 0. The van der Waals surface area contributed by atoms with Crippen LogP contribution < -0.4 is 9.64 Å². The first-order valence-corrected chi connectivity index (χ1v) is 11.5. The fourth-order valence-electron chi connectivity index (χ4n) is 4.24. The highest BCUT2D eigenvalue weighted by Crippen LogP contribution is 2.40. The van der Waals surface area contributed by atoms with E-state index in [1.807, 2.05) is 83.1 Å². The summed E-state index contributed by atoms with van der Waals surface area (Å²) in [5.74, 6) is -0.459. The molecule has 1 atom stereocenters. The maximum atomic E-state index is 13.1. The molecule has 1 N–H and O–H groups in total. The number of carbonyl (C=O) groups is 2. The van der Waals surface area contributed by atoms with Gasteiger partial charge in [0, 0.05) is 31.9 Å². The van der Waals surface area contributed by atoms with Crippen LogP contribution in [0.4, 0.5) is 5.69 Å². The molecular weight excluding hydrogens is 416 g/mol. The van der Waals surface area contributed by atoms with Crippen molar-refractivity contribution >= 4 is 23.1 Å². The lowest BCUT2D eigenvalue weighted by molar-refractivity contribution is -0.139. The molecule has 6 nitrogen and oxygen atoms in total. The van der Waals surface area contributed by atoms with Gasteiger partial charge in [-0.05, 0) is 60.7 Å². The molecule has 2 aromatic rings. The first kappa shape index (κ1) is 24.4. The van der Waals surface area contributed by atoms with E-state index in [0.717, 1.165) is 22.6 Å². The molecule has 1 amide bonds. The SMILES string of the molecule is CCCN1C(=O)C(=O)/C(=C(\O)c2ccc(OCC)c(C(C)C)c2)C1c1ccc(N(C)C)cc1. The van der Waals surface area contributed by atoms with Crippen LogP contribution in [0.25, 0.3) is 5.76 Å². The molecule has 33 heavy (non-hydrogen) atoms. The monoisotopic (exact) mass is 450 g/mol. The normalized spacial score (nSPS) is 17.7. The van der Waals surface area contributed by atoms with E-state index in [0.29, 0.717) is 25.1 Å². The topological polar surface area (TPSA) is 70.1 Å². The molecular formula is C27H34N2O4. The van der Waals surface area contributed by atoms with Crippen LogP contribution >= 0.6 is 0 Å². The van der Waals surface area contributed by atoms with Crippen molar-refractivity contribution in [2.45, 2.75) is 46.1 Å². The molecule has 1 unspecified atom stereocenters. The quantitative estimate of drug-likeness (QED) is 0.344. The highest BCUT2D eigenvalue weighted by Gasteiger charge is 2.45. The Morgan fingerprint density at radius 1 is 1.09 bits per heavy atom. The lowest BCUT2D eigenvalue weighted by Crippen LogP contribution is -2.30. The van der Waals surface area contributed by atoms with Gasteiger partial charge in [0.15, 0.2) is 0 Å². The summed E-state index contributed by atoms with van der Waals surface area (Å²) in [5, 5.41) is 11.3. The molecule has 1 aliphatic heterocycles. The van der Waals surface area contributed by atoms with E-state index in [4.69, 9.17) is 4.74 Å². The fourth-order valence-corrected chi connectivity index (χ4v) is 4.24. The van der Waals surface area contributed by atoms with Crippen molar-refractivity contribution in [3.63, 3.8) is 0 Å². The number of ketones is 1. The van der Waals surface area contributed by atoms with Crippen LogP contribution in [0.1, 0.15) is 62.8 Å². The minimum Gasteiger partial charge on any atom is -0.507 e. The molecule has 0 saturated carbocycles. The van der Waals surface area contributed by atoms with Gasteiger partial charge in [0.1, 0.15) is 11.5 Å². The standard InChI is InChI=1S/C27H34N2O4/c1-7-15-29-24(18-9-12-20(13-10-18)28(5)6)23(26(31)27(29)32)25(30)19-11-14-22(33-8-2)21(16-19)17(3)4/h9-14,16-17,24,30H,7-8,15H2,1-6H3/b25-23-. The number of aliphatic hydroxyl groups excluding tert-OH is 1. The second kappa shape index (κ2) is 10.1. The first-order chi connectivity index (χ1) is 15.7. The molecule has 1 fully saturated rings. The predicted molar refractivity (Wildman–Crippen MR) is 132 cm³/mol. The van der Waals surface area contributed by atoms with Crippen molar-refractivity contribution in [1.82, 2.24) is 4.90 Å². The number of hydrogen-bond acceptors (Lipinski definition) is 5. The van der Waals surface area contributed by atoms with Crippen molar-refractivity contribution < 1.29 is 19.4 Å². The van der Waals surface area contributed by atoms with E-state index >= 15 is 0 Å². The summed E-state index contributed by atoms with van der Waals surface area (Å²) in [6.07, 6.45) is 0.708. The molecule has 1 saturated heterocycles. The minimum absolute atomic E-state index is 0.130. The van der Waals surface area contributed by atoms with Crippen molar-refractivity contribution in [2.75, 3.05) is 32.1 Å². The van der Waals surface area contributed by atoms with Crippen molar-refractivity contribution in [2.24, 2.45) is 0 Å². The van der Waals surface area contributed by atoms with E-state index in [9.17, 15) is 14.7 Å². The average Bonchev–Trinajstić information content (AvgIpc) is 3.04. The van der Waals surface area contributed by atoms with E-state index in [1.165, 1.54) is 0 Å². The number of nitrogens with zero attached hydrogens (tertiary/aromatic N) is 2. The largest absolute Gasteiger partial charge is 0.507 e. The molecule has 0 aromatic heterocycles. The fraction of sp³-hybridized carbons (Fsp3) is 0.407. The molecule has 0 aliphatic carbocycles. The van der Waals surface area contributed by atoms with Gasteiger partial charge in [-0.25, -0.2) is 0 Å². The van der Waals surface area contributed by atoms with Crippen LogP contribution in [0, 0.1) is 0 Å². The summed E-state index contributed by atoms with van der Waals surface area (Å²) in [6, 6.07) is 12.5. The Balaban J connectivity index is 2.17. The Kier molecular flexibility index (Phi) is 7.46. The van der Waals surface area contributed by atoms with Crippen LogP contribution in [-0.4, -0.2) is 48.9 Å². The number of likely N-dealkylation sites (tertiary alicyclic amines) is 1. The molecule has 2 aromatic carbocycles. The van der Waals surface area contributed by atoms with Crippen molar-refractivity contribution in [1.29, 1.82) is 0 Å². The Morgan fingerprint density at radius 3 is 2.30 bits per heavy atom. The molecule has 6 heteroatoms. The zero-order valence-corrected chi connectivity index (χ0v) is 20.4. The number of hydrogen-bond donors (Lipinski definition) is 1. The molecule has 176 valence electrons. The zero-order valence-electron chi connectivity index (χ0n) is 20.4. The van der Waals surface area contributed by atoms with Gasteiger partial charge in [0.2, 0.25) is 0 Å². The Hall–Kier alpha value is -3.28. The predicted octanol–water partition coefficient (Wildman–Crippen LogP) is 5.11. The molecule has 3 rings (SSSR count). The zero-order chi connectivity index (χ0) is 24.3. The molecule has 0 bridgehead atoms. The lowest BCUT2D eigenvalue weighted by atomic mass is 9.93. The number of Topliss-reactive ketones (excluding diaryl/α,β-unsaturated/α-hetero) is 1. The Morgan fingerprint density at radius 2 is 1.76 bits per heavy atom. The lowest BCUT2D eigenvalue weighted by Gasteiger charge is -2.25. The van der Waals surface area contributed by atoms with Crippen LogP contribution in [0.15, 0.2) is 48.0 Å². The maximum absolute atomic E-state index is 13.1. The number of carbonyl (C=O) groups excluding carboxylic acids is 2. The van der Waals surface area contributed by atoms with Gasteiger partial charge in [-0.2, -0.15) is 0 Å². The Labute approximate surface area is 196 Å². The number of anilines is 1. The third-order valence-electron chi connectivity index (χ3n) is 5.93. The molecule has 0 spiro atoms. The van der Waals surface area contributed by atoms with E-state index in [-0.39, 0.29) is 17.3 Å². The number of amides is 1. The number of ether oxygens (including phenoxy) is 1. The highest BCUT2D eigenvalue weighted by molar-refractivity contribution is 6.46. The third-order valence-corrected chi connectivity index (χ3v) is 5.93. The van der Waals surface area contributed by atoms with Crippen molar-refractivity contribution in [3.05, 3.63) is 64.7 Å². The van der Waals surface area contributed by atoms with Gasteiger partial charge in [-0.1, -0.05) is 32.9 Å². The summed E-state index contributed by atoms with van der Waals surface area (Å²) in [4.78, 5) is 29.6. The van der Waals surface area contributed by atoms with E-state index < -0.39 is 17.7 Å². The molecule has 1 aliphatic rings. The van der Waals surface area contributed by atoms with Crippen LogP contribution in [0.5, 0.6) is 5.75 Å². The van der Waals surface area contributed by atoms with Gasteiger partial charge in [-0.3, -0.25) is 9.59 Å². The summed E-state index contributed by atoms with van der Waals surface area (Å²) < 4.78 is 5.74. The summed E-state index contributed by atoms with van der Waals surface area (Å²) in [6.45, 7) is 8.96. The molecule has 1 heterocycles. The van der Waals surface area contributed by atoms with Gasteiger partial charge in [0.25, 0.3) is 11.7 Å². The molecule has 0 radical (unpaired) electrons. The van der Waals surface area contributed by atoms with Gasteiger partial charge in [0.05, 0.1) is 18.2 Å². The highest BCUT2D eigenvalue weighted by atomic mass is 16.5. The smallest absolute Gasteiger partial charge is 0.295 e. The van der Waals surface area contributed by atoms with Gasteiger partial charge < -0.3 is 19.6 Å². The van der Waals surface area contributed by atoms with Crippen molar-refractivity contribution in [3.8, 4) is 5.75 Å². The average molecular weight is 451 g/mol.